The van der Waals surface area contributed by atoms with Crippen molar-refractivity contribution in [1.82, 2.24) is 24.7 Å². The lowest BCUT2D eigenvalue weighted by atomic mass is 10.3. The van der Waals surface area contributed by atoms with Crippen LogP contribution in [0.15, 0.2) is 18.3 Å². The van der Waals surface area contributed by atoms with Crippen molar-refractivity contribution >= 4 is 11.6 Å². The first-order valence-electron chi connectivity index (χ1n) is 7.24. The maximum absolute atomic E-state index is 12.5. The molecule has 0 aromatic carbocycles. The Morgan fingerprint density at radius 2 is 1.95 bits per heavy atom. The van der Waals surface area contributed by atoms with E-state index in [1.165, 1.54) is 0 Å². The molecule has 2 aromatic rings. The zero-order valence-corrected chi connectivity index (χ0v) is 12.8. The summed E-state index contributed by atoms with van der Waals surface area (Å²) < 4.78 is 1.85. The first kappa shape index (κ1) is 14.0. The number of pyridine rings is 1. The summed E-state index contributed by atoms with van der Waals surface area (Å²) in [4.78, 5) is 19.3. The van der Waals surface area contributed by atoms with Crippen molar-refractivity contribution in [1.29, 1.82) is 0 Å². The molecule has 1 N–H and O–H groups in total. The van der Waals surface area contributed by atoms with E-state index in [1.807, 2.05) is 41.6 Å². The number of hydrazine groups is 1. The van der Waals surface area contributed by atoms with Crippen molar-refractivity contribution in [3.63, 3.8) is 0 Å². The van der Waals surface area contributed by atoms with E-state index >= 15 is 0 Å². The molecule has 1 aliphatic heterocycles. The predicted octanol–water partition coefficient (Wildman–Crippen LogP) is 0.843. The zero-order chi connectivity index (χ0) is 15.0. The Morgan fingerprint density at radius 1 is 1.24 bits per heavy atom. The summed E-state index contributed by atoms with van der Waals surface area (Å²) in [5, 5.41) is 1.98. The molecule has 0 spiro atoms. The molecule has 6 heteroatoms. The minimum Gasteiger partial charge on any atom is -0.304 e. The van der Waals surface area contributed by atoms with Gasteiger partial charge in [-0.1, -0.05) is 0 Å². The maximum Gasteiger partial charge on any atom is 0.284 e. The molecule has 3 rings (SSSR count). The Balaban J connectivity index is 1.83. The van der Waals surface area contributed by atoms with E-state index in [0.717, 1.165) is 43.1 Å². The van der Waals surface area contributed by atoms with E-state index in [0.29, 0.717) is 5.69 Å². The molecule has 112 valence electrons. The molecule has 0 saturated carbocycles. The number of fused-ring (bicyclic) bond motifs is 1. The molecule has 6 nitrogen and oxygen atoms in total. The van der Waals surface area contributed by atoms with E-state index in [-0.39, 0.29) is 5.91 Å². The number of likely N-dealkylation sites (N-methyl/N-ethyl adjacent to an activating group) is 1. The quantitative estimate of drug-likeness (QED) is 0.889. The highest BCUT2D eigenvalue weighted by molar-refractivity contribution is 5.94. The van der Waals surface area contributed by atoms with Crippen LogP contribution in [0.25, 0.3) is 5.65 Å². The van der Waals surface area contributed by atoms with Gasteiger partial charge in [-0.3, -0.25) is 14.6 Å². The number of imidazole rings is 1. The number of amides is 1. The molecule has 21 heavy (non-hydrogen) atoms. The van der Waals surface area contributed by atoms with Crippen molar-refractivity contribution in [2.45, 2.75) is 13.8 Å². The molecule has 0 bridgehead atoms. The van der Waals surface area contributed by atoms with Crippen molar-refractivity contribution in [3.05, 3.63) is 35.3 Å². The highest BCUT2D eigenvalue weighted by Gasteiger charge is 2.21. The maximum atomic E-state index is 12.5. The second kappa shape index (κ2) is 5.46. The van der Waals surface area contributed by atoms with Crippen LogP contribution in [0.2, 0.25) is 0 Å². The summed E-state index contributed by atoms with van der Waals surface area (Å²) in [7, 11) is 2.09. The van der Waals surface area contributed by atoms with E-state index in [2.05, 4.69) is 22.4 Å². The number of hydrogen-bond donors (Lipinski definition) is 1. The fourth-order valence-electron chi connectivity index (χ4n) is 2.65. The molecule has 2 aromatic heterocycles. The van der Waals surface area contributed by atoms with Crippen LogP contribution < -0.4 is 5.43 Å². The number of carbonyl (C=O) groups excluding carboxylic acids is 1. The van der Waals surface area contributed by atoms with Crippen LogP contribution in [0.4, 0.5) is 0 Å². The summed E-state index contributed by atoms with van der Waals surface area (Å²) in [5.74, 6) is -0.0894. The fourth-order valence-corrected chi connectivity index (χ4v) is 2.65. The minimum absolute atomic E-state index is 0.0894. The lowest BCUT2D eigenvalue weighted by molar-refractivity contribution is 0.0656. The van der Waals surface area contributed by atoms with Crippen molar-refractivity contribution in [2.75, 3.05) is 33.2 Å². The topological polar surface area (TPSA) is 52.9 Å². The lowest BCUT2D eigenvalue weighted by Gasteiger charge is -2.32. The first-order valence-corrected chi connectivity index (χ1v) is 7.24. The Hall–Kier alpha value is -1.92. The number of aromatic nitrogens is 2. The summed E-state index contributed by atoms with van der Waals surface area (Å²) >= 11 is 0. The highest BCUT2D eigenvalue weighted by Crippen LogP contribution is 2.13. The molecular formula is C15H21N5O. The molecule has 1 fully saturated rings. The highest BCUT2D eigenvalue weighted by atomic mass is 16.2. The minimum atomic E-state index is -0.0894. The summed E-state index contributed by atoms with van der Waals surface area (Å²) in [5.41, 5.74) is 6.32. The van der Waals surface area contributed by atoms with Gasteiger partial charge in [0, 0.05) is 32.4 Å². The van der Waals surface area contributed by atoms with Crippen LogP contribution in [0.1, 0.15) is 21.7 Å². The van der Waals surface area contributed by atoms with Gasteiger partial charge in [0.1, 0.15) is 11.3 Å². The summed E-state index contributed by atoms with van der Waals surface area (Å²) in [6.07, 6.45) is 1.91. The van der Waals surface area contributed by atoms with Gasteiger partial charge in [0.15, 0.2) is 0 Å². The third kappa shape index (κ3) is 2.77. The van der Waals surface area contributed by atoms with Gasteiger partial charge in [-0.15, -0.1) is 0 Å². The van der Waals surface area contributed by atoms with Gasteiger partial charge in [0.05, 0.1) is 5.69 Å². The Kier molecular flexibility index (Phi) is 3.65. The smallest absolute Gasteiger partial charge is 0.284 e. The number of carbonyl (C=O) groups is 1. The van der Waals surface area contributed by atoms with Crippen LogP contribution >= 0.6 is 0 Å². The first-order chi connectivity index (χ1) is 10.0. The van der Waals surface area contributed by atoms with Gasteiger partial charge in [-0.2, -0.15) is 0 Å². The average Bonchev–Trinajstić information content (AvgIpc) is 2.76. The van der Waals surface area contributed by atoms with Gasteiger partial charge in [-0.25, -0.2) is 9.99 Å². The largest absolute Gasteiger partial charge is 0.304 e. The third-order valence-corrected chi connectivity index (χ3v) is 3.93. The zero-order valence-electron chi connectivity index (χ0n) is 12.8. The summed E-state index contributed by atoms with van der Waals surface area (Å²) in [6, 6.07) is 3.97. The van der Waals surface area contributed by atoms with Gasteiger partial charge in [-0.05, 0) is 38.6 Å². The van der Waals surface area contributed by atoms with Gasteiger partial charge >= 0.3 is 0 Å². The number of nitrogens with one attached hydrogen (secondary N) is 1. The number of rotatable bonds is 2. The Morgan fingerprint density at radius 3 is 2.67 bits per heavy atom. The molecule has 3 heterocycles. The molecular weight excluding hydrogens is 266 g/mol. The molecule has 0 unspecified atom stereocenters. The number of aryl methyl sites for hydroxylation is 2. The van der Waals surface area contributed by atoms with E-state index in [1.54, 1.807) is 0 Å². The van der Waals surface area contributed by atoms with Crippen LogP contribution in [0.5, 0.6) is 0 Å². The molecule has 1 amide bonds. The SMILES string of the molecule is Cc1ccn2c(C(=O)NN3CCN(C)CC3)c(C)nc2c1. The monoisotopic (exact) mass is 287 g/mol. The van der Waals surface area contributed by atoms with Gasteiger partial charge < -0.3 is 4.90 Å². The third-order valence-electron chi connectivity index (χ3n) is 3.93. The number of hydrogen-bond acceptors (Lipinski definition) is 4. The Labute approximate surface area is 124 Å². The average molecular weight is 287 g/mol. The molecule has 0 atom stereocenters. The van der Waals surface area contributed by atoms with Crippen molar-refractivity contribution in [3.8, 4) is 0 Å². The molecule has 0 aliphatic carbocycles. The molecule has 1 aliphatic rings. The fraction of sp³-hybridized carbons (Fsp3) is 0.467. The molecule has 0 radical (unpaired) electrons. The van der Waals surface area contributed by atoms with Crippen LogP contribution in [0.3, 0.4) is 0 Å². The second-order valence-electron chi connectivity index (χ2n) is 5.71. The number of piperazine rings is 1. The second-order valence-corrected chi connectivity index (χ2v) is 5.71. The van der Waals surface area contributed by atoms with Crippen LogP contribution in [-0.4, -0.2) is 58.4 Å². The van der Waals surface area contributed by atoms with E-state index in [4.69, 9.17) is 0 Å². The van der Waals surface area contributed by atoms with Crippen molar-refractivity contribution < 1.29 is 4.79 Å². The van der Waals surface area contributed by atoms with Crippen LogP contribution in [0, 0.1) is 13.8 Å². The van der Waals surface area contributed by atoms with E-state index < -0.39 is 0 Å². The summed E-state index contributed by atoms with van der Waals surface area (Å²) in [6.45, 7) is 7.51. The van der Waals surface area contributed by atoms with Gasteiger partial charge in [0.2, 0.25) is 0 Å². The Bertz CT molecular complexity index is 670. The standard InChI is InChI=1S/C15H21N5O/c1-11-4-5-20-13(10-11)16-12(2)14(20)15(21)17-19-8-6-18(3)7-9-19/h4-5,10H,6-9H2,1-3H3,(H,17,21). The van der Waals surface area contributed by atoms with Crippen LogP contribution in [-0.2, 0) is 0 Å². The number of nitrogens with zero attached hydrogens (tertiary/aromatic N) is 4. The van der Waals surface area contributed by atoms with Gasteiger partial charge in [0.25, 0.3) is 5.91 Å². The normalized spacial score (nSPS) is 17.3. The van der Waals surface area contributed by atoms with Crippen molar-refractivity contribution in [2.24, 2.45) is 0 Å². The van der Waals surface area contributed by atoms with E-state index in [9.17, 15) is 4.79 Å². The molecule has 1 saturated heterocycles. The lowest BCUT2D eigenvalue weighted by Crippen LogP contribution is -2.52. The predicted molar refractivity (Wildman–Crippen MR) is 81.2 cm³/mol.